The lowest BCUT2D eigenvalue weighted by atomic mass is 10.1. The summed E-state index contributed by atoms with van der Waals surface area (Å²) in [6.45, 7) is 6.14. The highest BCUT2D eigenvalue weighted by atomic mass is 127. The normalized spacial score (nSPS) is 19.2. The zero-order valence-corrected chi connectivity index (χ0v) is 20.9. The zero-order valence-electron chi connectivity index (χ0n) is 17.8. The molecule has 0 bridgehead atoms. The molecule has 1 saturated heterocycles. The summed E-state index contributed by atoms with van der Waals surface area (Å²) in [4.78, 5) is 10.9. The third-order valence-electron chi connectivity index (χ3n) is 5.79. The number of hydrogen-bond acceptors (Lipinski definition) is 5. The number of benzene rings is 1. The molecule has 3 heterocycles. The van der Waals surface area contributed by atoms with Crippen molar-refractivity contribution in [3.8, 4) is 5.75 Å². The fraction of sp³-hybridized carbons (Fsp3) is 0.500. The van der Waals surface area contributed by atoms with E-state index in [9.17, 15) is 0 Å². The summed E-state index contributed by atoms with van der Waals surface area (Å²) in [5.74, 6) is 1.83. The van der Waals surface area contributed by atoms with Crippen molar-refractivity contribution < 1.29 is 4.74 Å². The van der Waals surface area contributed by atoms with Crippen LogP contribution < -0.4 is 20.3 Å². The number of para-hydroxylation sites is 2. The molecule has 164 valence electrons. The van der Waals surface area contributed by atoms with Gasteiger partial charge < -0.3 is 20.3 Å². The number of halogens is 1. The third-order valence-corrected chi connectivity index (χ3v) is 6.81. The lowest BCUT2D eigenvalue weighted by Gasteiger charge is -2.27. The predicted octanol–water partition coefficient (Wildman–Crippen LogP) is 3.18. The van der Waals surface area contributed by atoms with E-state index in [0.717, 1.165) is 57.4 Å². The fourth-order valence-electron chi connectivity index (χ4n) is 4.21. The summed E-state index contributed by atoms with van der Waals surface area (Å²) >= 11 is 1.89. The van der Waals surface area contributed by atoms with Crippen LogP contribution in [0.1, 0.15) is 16.9 Å². The number of aliphatic imine (C=N–C) groups is 1. The molecule has 8 heteroatoms. The number of fused-ring (bicyclic) bond motifs is 1. The minimum absolute atomic E-state index is 0. The van der Waals surface area contributed by atoms with Gasteiger partial charge in [-0.25, -0.2) is 0 Å². The Morgan fingerprint density at radius 2 is 2.13 bits per heavy atom. The molecule has 1 aromatic carbocycles. The van der Waals surface area contributed by atoms with Gasteiger partial charge in [-0.15, -0.1) is 35.3 Å². The van der Waals surface area contributed by atoms with Crippen LogP contribution in [0.3, 0.4) is 0 Å². The number of ether oxygens (including phenoxy) is 1. The molecule has 0 aliphatic carbocycles. The van der Waals surface area contributed by atoms with Crippen LogP contribution in [0.4, 0.5) is 5.69 Å². The van der Waals surface area contributed by atoms with E-state index >= 15 is 0 Å². The maximum absolute atomic E-state index is 5.52. The van der Waals surface area contributed by atoms with Crippen molar-refractivity contribution in [1.29, 1.82) is 0 Å². The van der Waals surface area contributed by atoms with Crippen molar-refractivity contribution in [2.75, 3.05) is 51.8 Å². The molecule has 2 aliphatic heterocycles. The molecule has 4 rings (SSSR count). The lowest BCUT2D eigenvalue weighted by Crippen LogP contribution is -2.47. The molecular formula is C22H32IN5OS. The number of rotatable bonds is 6. The Morgan fingerprint density at radius 1 is 1.27 bits per heavy atom. The molecule has 0 amide bonds. The van der Waals surface area contributed by atoms with Crippen LogP contribution in [0.15, 0.2) is 40.7 Å². The van der Waals surface area contributed by atoms with E-state index in [1.807, 2.05) is 30.5 Å². The van der Waals surface area contributed by atoms with Crippen molar-refractivity contribution in [2.24, 2.45) is 4.99 Å². The van der Waals surface area contributed by atoms with E-state index in [2.05, 4.69) is 49.0 Å². The lowest BCUT2D eigenvalue weighted by molar-refractivity contribution is 0.260. The monoisotopic (exact) mass is 541 g/mol. The first-order valence-electron chi connectivity index (χ1n) is 10.4. The van der Waals surface area contributed by atoms with E-state index in [4.69, 9.17) is 4.74 Å². The topological polar surface area (TPSA) is 52.1 Å². The van der Waals surface area contributed by atoms with Crippen molar-refractivity contribution in [3.05, 3.63) is 46.2 Å². The number of hydrogen-bond donors (Lipinski definition) is 2. The van der Waals surface area contributed by atoms with Gasteiger partial charge in [0.25, 0.3) is 0 Å². The maximum Gasteiger partial charge on any atom is 0.191 e. The summed E-state index contributed by atoms with van der Waals surface area (Å²) in [5.41, 5.74) is 2.67. The third kappa shape index (κ3) is 5.59. The van der Waals surface area contributed by atoms with Gasteiger partial charge in [-0.3, -0.25) is 9.89 Å². The van der Waals surface area contributed by atoms with E-state index in [1.54, 1.807) is 12.0 Å². The van der Waals surface area contributed by atoms with Gasteiger partial charge in [-0.2, -0.15) is 0 Å². The molecule has 30 heavy (non-hydrogen) atoms. The van der Waals surface area contributed by atoms with E-state index < -0.39 is 0 Å². The van der Waals surface area contributed by atoms with E-state index in [0.29, 0.717) is 6.04 Å². The van der Waals surface area contributed by atoms with Crippen molar-refractivity contribution in [3.63, 3.8) is 0 Å². The Bertz CT molecular complexity index is 842. The Labute approximate surface area is 200 Å². The minimum atomic E-state index is 0. The number of methoxy groups -OCH3 is 1. The van der Waals surface area contributed by atoms with Gasteiger partial charge in [0.15, 0.2) is 5.96 Å². The van der Waals surface area contributed by atoms with E-state index in [1.165, 1.54) is 17.7 Å². The first-order valence-corrected chi connectivity index (χ1v) is 11.3. The van der Waals surface area contributed by atoms with Gasteiger partial charge in [0.1, 0.15) is 5.75 Å². The second kappa shape index (κ2) is 11.2. The Balaban J connectivity index is 0.00000256. The van der Waals surface area contributed by atoms with Crippen molar-refractivity contribution in [1.82, 2.24) is 15.5 Å². The van der Waals surface area contributed by atoms with Crippen LogP contribution in [0, 0.1) is 0 Å². The first-order chi connectivity index (χ1) is 14.3. The molecule has 1 unspecified atom stereocenters. The van der Waals surface area contributed by atoms with Gasteiger partial charge in [0, 0.05) is 57.2 Å². The second-order valence-corrected chi connectivity index (χ2v) is 8.64. The van der Waals surface area contributed by atoms with Gasteiger partial charge in [-0.1, -0.05) is 12.1 Å². The van der Waals surface area contributed by atoms with Crippen LogP contribution in [-0.2, 0) is 13.0 Å². The Morgan fingerprint density at radius 3 is 2.97 bits per heavy atom. The summed E-state index contributed by atoms with van der Waals surface area (Å²) in [7, 11) is 3.58. The molecule has 2 aromatic rings. The second-order valence-electron chi connectivity index (χ2n) is 7.64. The van der Waals surface area contributed by atoms with Gasteiger partial charge >= 0.3 is 0 Å². The quantitative estimate of drug-likeness (QED) is 0.335. The van der Waals surface area contributed by atoms with Crippen LogP contribution in [0.5, 0.6) is 5.75 Å². The Kier molecular flexibility index (Phi) is 8.64. The summed E-state index contributed by atoms with van der Waals surface area (Å²) in [6.07, 6.45) is 2.27. The van der Waals surface area contributed by atoms with Crippen LogP contribution in [-0.4, -0.2) is 63.8 Å². The molecule has 0 saturated carbocycles. The molecule has 1 aromatic heterocycles. The molecule has 2 aliphatic rings. The number of anilines is 1. The van der Waals surface area contributed by atoms with Gasteiger partial charge in [-0.05, 0) is 42.0 Å². The standard InChI is InChI=1S/C22H31N5OS.HI/c1-23-22(24-10-13-26-11-8-21-17(15-26)9-14-29-21)25-18-7-12-27(16-18)19-5-3-4-6-20(19)28-2;/h3-6,9,14,18H,7-8,10-13,15-16H2,1-2H3,(H2,23,24,25);1H. The average molecular weight is 542 g/mol. The molecule has 0 radical (unpaired) electrons. The van der Waals surface area contributed by atoms with Gasteiger partial charge in [0.2, 0.25) is 0 Å². The number of guanidine groups is 1. The summed E-state index contributed by atoms with van der Waals surface area (Å²) < 4.78 is 5.52. The smallest absolute Gasteiger partial charge is 0.191 e. The van der Waals surface area contributed by atoms with Gasteiger partial charge in [0.05, 0.1) is 12.8 Å². The largest absolute Gasteiger partial charge is 0.495 e. The highest BCUT2D eigenvalue weighted by molar-refractivity contribution is 14.0. The molecule has 2 N–H and O–H groups in total. The molecule has 0 spiro atoms. The minimum Gasteiger partial charge on any atom is -0.495 e. The highest BCUT2D eigenvalue weighted by Crippen LogP contribution is 2.30. The zero-order chi connectivity index (χ0) is 20.1. The average Bonchev–Trinajstić information content (AvgIpc) is 3.42. The summed E-state index contributed by atoms with van der Waals surface area (Å²) in [5, 5.41) is 9.30. The van der Waals surface area contributed by atoms with Crippen molar-refractivity contribution in [2.45, 2.75) is 25.4 Å². The molecule has 6 nitrogen and oxygen atoms in total. The SMILES string of the molecule is CN=C(NCCN1CCc2sccc2C1)NC1CCN(c2ccccc2OC)C1.I. The molecule has 1 fully saturated rings. The number of thiophene rings is 1. The predicted molar refractivity (Wildman–Crippen MR) is 137 cm³/mol. The first kappa shape index (κ1) is 23.1. The van der Waals surface area contributed by atoms with Crippen LogP contribution >= 0.6 is 35.3 Å². The summed E-state index contributed by atoms with van der Waals surface area (Å²) in [6, 6.07) is 10.9. The number of nitrogens with zero attached hydrogens (tertiary/aromatic N) is 3. The maximum atomic E-state index is 5.52. The van der Waals surface area contributed by atoms with Crippen LogP contribution in [0.25, 0.3) is 0 Å². The van der Waals surface area contributed by atoms with E-state index in [-0.39, 0.29) is 24.0 Å². The molecular weight excluding hydrogens is 509 g/mol. The van der Waals surface area contributed by atoms with Crippen molar-refractivity contribution >= 4 is 47.0 Å². The highest BCUT2D eigenvalue weighted by Gasteiger charge is 2.25. The Hall–Kier alpha value is -1.52. The fourth-order valence-corrected chi connectivity index (χ4v) is 5.10. The van der Waals surface area contributed by atoms with Crippen LogP contribution in [0.2, 0.25) is 0 Å². The molecule has 1 atom stereocenters. The number of nitrogens with one attached hydrogen (secondary N) is 2.